The molecule has 36 heavy (non-hydrogen) atoms. The Bertz CT molecular complexity index is 1800. The Hall–Kier alpha value is -3.80. The van der Waals surface area contributed by atoms with Crippen LogP contribution < -0.4 is 15.0 Å². The fourth-order valence-electron chi connectivity index (χ4n) is 4.26. The number of hydrogen-bond acceptors (Lipinski definition) is 8. The maximum absolute atomic E-state index is 14.0. The van der Waals surface area contributed by atoms with Gasteiger partial charge in [-0.15, -0.1) is 0 Å². The molecule has 6 rings (SSSR count). The van der Waals surface area contributed by atoms with Crippen LogP contribution in [0.25, 0.3) is 21.9 Å². The number of rotatable bonds is 6. The molecular formula is C25H20N4O5S2. The van der Waals surface area contributed by atoms with Gasteiger partial charge in [0.25, 0.3) is 5.56 Å². The largest absolute Gasteiger partial charge is 0.454 e. The number of nitrogens with zero attached hydrogens (tertiary/aromatic N) is 3. The number of sulfonamides is 1. The number of hydrogen-bond donors (Lipinski definition) is 1. The van der Waals surface area contributed by atoms with Gasteiger partial charge in [-0.25, -0.2) is 8.42 Å². The maximum Gasteiger partial charge on any atom is 0.252 e. The average Bonchev–Trinajstić information content (AvgIpc) is 3.53. The second kappa shape index (κ2) is 8.70. The lowest BCUT2D eigenvalue weighted by atomic mass is 10.1. The number of benzene rings is 3. The van der Waals surface area contributed by atoms with Gasteiger partial charge in [0.1, 0.15) is 15.9 Å². The molecule has 1 aliphatic heterocycles. The van der Waals surface area contributed by atoms with Crippen LogP contribution in [0.15, 0.2) is 70.4 Å². The minimum absolute atomic E-state index is 0.0122. The molecule has 182 valence electrons. The van der Waals surface area contributed by atoms with Crippen molar-refractivity contribution in [3.05, 3.63) is 87.7 Å². The van der Waals surface area contributed by atoms with E-state index >= 15 is 0 Å². The number of ether oxygens (including phenoxy) is 2. The second-order valence-corrected chi connectivity index (χ2v) is 11.0. The first-order valence-electron chi connectivity index (χ1n) is 11.1. The Morgan fingerprint density at radius 2 is 1.86 bits per heavy atom. The number of H-pyrrole nitrogens is 1. The molecule has 3 heterocycles. The van der Waals surface area contributed by atoms with Crippen molar-refractivity contribution in [3.8, 4) is 11.5 Å². The zero-order chi connectivity index (χ0) is 24.9. The van der Waals surface area contributed by atoms with Crippen molar-refractivity contribution in [2.75, 3.05) is 6.79 Å². The molecule has 2 aromatic heterocycles. The van der Waals surface area contributed by atoms with Crippen molar-refractivity contribution >= 4 is 43.7 Å². The van der Waals surface area contributed by atoms with E-state index in [1.165, 1.54) is 10.4 Å². The van der Waals surface area contributed by atoms with Gasteiger partial charge in [-0.2, -0.15) is 13.1 Å². The van der Waals surface area contributed by atoms with Crippen LogP contribution >= 0.6 is 11.7 Å². The number of fused-ring (bicyclic) bond motifs is 3. The second-order valence-electron chi connectivity index (χ2n) is 8.56. The molecule has 0 saturated heterocycles. The van der Waals surface area contributed by atoms with Gasteiger partial charge in [-0.05, 0) is 59.8 Å². The first-order chi connectivity index (χ1) is 17.4. The third-order valence-electron chi connectivity index (χ3n) is 6.09. The standard InChI is InChI=1S/C25H20N4O5S2/c1-15-5-7-17-11-18(25(30)26-20(17)9-15)13-29(12-16-6-8-21-22(10-16)34-14-33-21)36(31,32)23-4-2-3-19-24(23)28-35-27-19/h2-11H,12-14H2,1H3,(H,26,30). The maximum atomic E-state index is 14.0. The molecule has 0 amide bonds. The van der Waals surface area contributed by atoms with Crippen molar-refractivity contribution < 1.29 is 17.9 Å². The van der Waals surface area contributed by atoms with E-state index in [9.17, 15) is 13.2 Å². The van der Waals surface area contributed by atoms with Gasteiger partial charge in [0.2, 0.25) is 16.8 Å². The van der Waals surface area contributed by atoms with E-state index in [4.69, 9.17) is 9.47 Å². The lowest BCUT2D eigenvalue weighted by molar-refractivity contribution is 0.174. The number of pyridine rings is 1. The molecule has 0 saturated carbocycles. The highest BCUT2D eigenvalue weighted by Crippen LogP contribution is 2.34. The Labute approximate surface area is 210 Å². The highest BCUT2D eigenvalue weighted by atomic mass is 32.2. The number of aromatic amines is 1. The van der Waals surface area contributed by atoms with Gasteiger partial charge in [0.15, 0.2) is 11.5 Å². The predicted octanol–water partition coefficient (Wildman–Crippen LogP) is 3.96. The molecule has 0 bridgehead atoms. The van der Waals surface area contributed by atoms with E-state index in [2.05, 4.69) is 13.7 Å². The Kier molecular flexibility index (Phi) is 5.47. The molecule has 0 aliphatic carbocycles. The zero-order valence-corrected chi connectivity index (χ0v) is 20.7. The summed E-state index contributed by atoms with van der Waals surface area (Å²) in [5, 5.41) is 0.821. The molecule has 1 N–H and O–H groups in total. The highest BCUT2D eigenvalue weighted by Gasteiger charge is 2.29. The Morgan fingerprint density at radius 3 is 2.75 bits per heavy atom. The lowest BCUT2D eigenvalue weighted by Crippen LogP contribution is -2.32. The minimum Gasteiger partial charge on any atom is -0.454 e. The van der Waals surface area contributed by atoms with E-state index in [1.54, 1.807) is 36.4 Å². The minimum atomic E-state index is -4.07. The Balaban J connectivity index is 1.45. The van der Waals surface area contributed by atoms with Crippen molar-refractivity contribution in [2.45, 2.75) is 24.9 Å². The summed E-state index contributed by atoms with van der Waals surface area (Å²) in [7, 11) is -4.07. The van der Waals surface area contributed by atoms with Crippen LogP contribution in [-0.2, 0) is 23.1 Å². The predicted molar refractivity (Wildman–Crippen MR) is 136 cm³/mol. The summed E-state index contributed by atoms with van der Waals surface area (Å²) in [5.74, 6) is 1.15. The molecule has 9 nitrogen and oxygen atoms in total. The van der Waals surface area contributed by atoms with E-state index in [1.807, 2.05) is 25.1 Å². The third kappa shape index (κ3) is 4.00. The SMILES string of the molecule is Cc1ccc2cc(CN(Cc3ccc4c(c3)OCO4)S(=O)(=O)c3cccc4nsnc34)c(=O)[nH]c2c1. The van der Waals surface area contributed by atoms with Crippen LogP contribution in [0.3, 0.4) is 0 Å². The van der Waals surface area contributed by atoms with Crippen molar-refractivity contribution in [2.24, 2.45) is 0 Å². The van der Waals surface area contributed by atoms with E-state index in [0.717, 1.165) is 22.7 Å². The number of aromatic nitrogens is 3. The summed E-state index contributed by atoms with van der Waals surface area (Å²) >= 11 is 0.953. The average molecular weight is 521 g/mol. The quantitative estimate of drug-likeness (QED) is 0.360. The molecule has 0 atom stereocenters. The van der Waals surface area contributed by atoms with Crippen LogP contribution in [0.2, 0.25) is 0 Å². The first-order valence-corrected chi connectivity index (χ1v) is 13.3. The van der Waals surface area contributed by atoms with Gasteiger partial charge in [-0.1, -0.05) is 24.3 Å². The highest BCUT2D eigenvalue weighted by molar-refractivity contribution is 7.89. The van der Waals surface area contributed by atoms with Crippen LogP contribution in [0, 0.1) is 6.92 Å². The summed E-state index contributed by atoms with van der Waals surface area (Å²) < 4.78 is 48.5. The van der Waals surface area contributed by atoms with Gasteiger partial charge in [-0.3, -0.25) is 4.79 Å². The normalized spacial score (nSPS) is 13.2. The molecule has 1 aliphatic rings. The smallest absolute Gasteiger partial charge is 0.252 e. The summed E-state index contributed by atoms with van der Waals surface area (Å²) in [6.45, 7) is 1.94. The fourth-order valence-corrected chi connectivity index (χ4v) is 6.42. The lowest BCUT2D eigenvalue weighted by Gasteiger charge is -2.22. The summed E-state index contributed by atoms with van der Waals surface area (Å²) in [5.41, 5.74) is 3.21. The van der Waals surface area contributed by atoms with Gasteiger partial charge in [0, 0.05) is 24.2 Å². The van der Waals surface area contributed by atoms with Crippen molar-refractivity contribution in [1.82, 2.24) is 18.0 Å². The van der Waals surface area contributed by atoms with Gasteiger partial charge < -0.3 is 14.5 Å². The van der Waals surface area contributed by atoms with Gasteiger partial charge >= 0.3 is 0 Å². The van der Waals surface area contributed by atoms with E-state index in [-0.39, 0.29) is 30.3 Å². The number of nitrogens with one attached hydrogen (secondary N) is 1. The van der Waals surface area contributed by atoms with Crippen LogP contribution in [0.1, 0.15) is 16.7 Å². The molecule has 0 spiro atoms. The first kappa shape index (κ1) is 22.7. The van der Waals surface area contributed by atoms with Crippen molar-refractivity contribution in [3.63, 3.8) is 0 Å². The molecule has 5 aromatic rings. The topological polar surface area (TPSA) is 114 Å². The van der Waals surface area contributed by atoms with Crippen LogP contribution in [-0.4, -0.2) is 33.2 Å². The molecule has 0 radical (unpaired) electrons. The molecule has 11 heteroatoms. The summed E-state index contributed by atoms with van der Waals surface area (Å²) in [6.07, 6.45) is 0. The molecule has 3 aromatic carbocycles. The zero-order valence-electron chi connectivity index (χ0n) is 19.1. The van der Waals surface area contributed by atoms with E-state index in [0.29, 0.717) is 39.2 Å². The monoisotopic (exact) mass is 520 g/mol. The fraction of sp³-hybridized carbons (Fsp3) is 0.160. The van der Waals surface area contributed by atoms with E-state index < -0.39 is 10.0 Å². The molecule has 0 unspecified atom stereocenters. The summed E-state index contributed by atoms with van der Waals surface area (Å²) in [6, 6.07) is 17.6. The third-order valence-corrected chi connectivity index (χ3v) is 8.45. The van der Waals surface area contributed by atoms with Gasteiger partial charge in [0.05, 0.1) is 11.7 Å². The Morgan fingerprint density at radius 1 is 1.00 bits per heavy atom. The number of aryl methyl sites for hydroxylation is 1. The van der Waals surface area contributed by atoms with Crippen LogP contribution in [0.4, 0.5) is 0 Å². The van der Waals surface area contributed by atoms with Crippen molar-refractivity contribution in [1.29, 1.82) is 0 Å². The van der Waals surface area contributed by atoms with Crippen LogP contribution in [0.5, 0.6) is 11.5 Å². The molecule has 0 fully saturated rings. The summed E-state index contributed by atoms with van der Waals surface area (Å²) in [4.78, 5) is 15.9. The molecular weight excluding hydrogens is 500 g/mol.